The fourth-order valence-corrected chi connectivity index (χ4v) is 3.35. The number of rotatable bonds is 3. The summed E-state index contributed by atoms with van der Waals surface area (Å²) in [5, 5.41) is 4.29. The number of hydrogen-bond acceptors (Lipinski definition) is 2. The van der Waals surface area contributed by atoms with E-state index in [9.17, 15) is 0 Å². The summed E-state index contributed by atoms with van der Waals surface area (Å²) < 4.78 is 0. The Labute approximate surface area is 118 Å². The number of benzene rings is 1. The molecular weight excluding hydrogens is 258 g/mol. The van der Waals surface area contributed by atoms with Crippen LogP contribution in [0.2, 0.25) is 5.02 Å². The van der Waals surface area contributed by atoms with Gasteiger partial charge in [-0.2, -0.15) is 0 Å². The van der Waals surface area contributed by atoms with Gasteiger partial charge in [0, 0.05) is 17.0 Å². The number of H-pyrrole nitrogens is 1. The highest BCUT2D eigenvalue weighted by Crippen LogP contribution is 2.31. The van der Waals surface area contributed by atoms with Gasteiger partial charge in [-0.1, -0.05) is 30.9 Å². The lowest BCUT2D eigenvalue weighted by atomic mass is 9.79. The molecule has 0 amide bonds. The molecule has 2 aromatic rings. The third kappa shape index (κ3) is 2.63. The average molecular weight is 278 g/mol. The van der Waals surface area contributed by atoms with Crippen molar-refractivity contribution in [1.82, 2.24) is 15.3 Å². The number of halogens is 1. The summed E-state index contributed by atoms with van der Waals surface area (Å²) in [6, 6.07) is 5.81. The van der Waals surface area contributed by atoms with Gasteiger partial charge in [-0.15, -0.1) is 0 Å². The van der Waals surface area contributed by atoms with E-state index in [0.717, 1.165) is 28.3 Å². The second kappa shape index (κ2) is 5.14. The second-order valence-electron chi connectivity index (χ2n) is 5.61. The van der Waals surface area contributed by atoms with Crippen LogP contribution in [0.5, 0.6) is 0 Å². The van der Waals surface area contributed by atoms with Gasteiger partial charge in [0.05, 0.1) is 11.0 Å². The van der Waals surface area contributed by atoms with Gasteiger partial charge in [0.2, 0.25) is 0 Å². The Kier molecular flexibility index (Phi) is 3.50. The predicted octanol–water partition coefficient (Wildman–Crippen LogP) is 3.68. The normalized spacial score (nSPS) is 18.8. The van der Waals surface area contributed by atoms with Gasteiger partial charge in [-0.3, -0.25) is 0 Å². The molecule has 102 valence electrons. The van der Waals surface area contributed by atoms with Crippen molar-refractivity contribution >= 4 is 22.6 Å². The topological polar surface area (TPSA) is 40.7 Å². The summed E-state index contributed by atoms with van der Waals surface area (Å²) in [7, 11) is 2.07. The molecule has 2 N–H and O–H groups in total. The fourth-order valence-electron chi connectivity index (χ4n) is 3.18. The number of aromatic nitrogens is 2. The first-order valence-electron chi connectivity index (χ1n) is 7.04. The van der Waals surface area contributed by atoms with Crippen LogP contribution in [0.15, 0.2) is 18.2 Å². The molecule has 3 rings (SSSR count). The molecule has 0 radical (unpaired) electrons. The molecule has 0 atom stereocenters. The van der Waals surface area contributed by atoms with Gasteiger partial charge < -0.3 is 10.3 Å². The maximum atomic E-state index is 6.01. The molecule has 1 aliphatic rings. The van der Waals surface area contributed by atoms with E-state index in [1.54, 1.807) is 0 Å². The van der Waals surface area contributed by atoms with Gasteiger partial charge in [0.15, 0.2) is 0 Å². The summed E-state index contributed by atoms with van der Waals surface area (Å²) in [6.07, 6.45) is 7.43. The van der Waals surface area contributed by atoms with Crippen LogP contribution in [0, 0.1) is 0 Å². The number of nitrogens with one attached hydrogen (secondary N) is 2. The minimum Gasteiger partial charge on any atom is -0.342 e. The summed E-state index contributed by atoms with van der Waals surface area (Å²) in [6.45, 7) is 0. The van der Waals surface area contributed by atoms with Gasteiger partial charge in [0.25, 0.3) is 0 Å². The van der Waals surface area contributed by atoms with Gasteiger partial charge >= 0.3 is 0 Å². The molecule has 1 saturated carbocycles. The minimum atomic E-state index is 0.218. The number of fused-ring (bicyclic) bond motifs is 1. The van der Waals surface area contributed by atoms with Crippen molar-refractivity contribution in [2.75, 3.05) is 7.05 Å². The molecule has 1 fully saturated rings. The Balaban J connectivity index is 1.87. The van der Waals surface area contributed by atoms with Crippen molar-refractivity contribution < 1.29 is 0 Å². The molecule has 1 aromatic heterocycles. The SMILES string of the molecule is CNC1(Cc2nc3ccc(Cl)cc3[nH]2)CCCCC1. The first kappa shape index (κ1) is 12.9. The van der Waals surface area contributed by atoms with E-state index >= 15 is 0 Å². The molecule has 0 spiro atoms. The molecule has 1 aromatic carbocycles. The number of nitrogens with zero attached hydrogens (tertiary/aromatic N) is 1. The van der Waals surface area contributed by atoms with Crippen LogP contribution in [0.1, 0.15) is 37.9 Å². The number of aromatic amines is 1. The largest absolute Gasteiger partial charge is 0.342 e. The Morgan fingerprint density at radius 2 is 2.11 bits per heavy atom. The van der Waals surface area contributed by atoms with Crippen LogP contribution in [-0.4, -0.2) is 22.6 Å². The average Bonchev–Trinajstić information content (AvgIpc) is 2.81. The Morgan fingerprint density at radius 3 is 2.84 bits per heavy atom. The lowest BCUT2D eigenvalue weighted by Gasteiger charge is -2.36. The quantitative estimate of drug-likeness (QED) is 0.898. The molecule has 0 aliphatic heterocycles. The van der Waals surface area contributed by atoms with Crippen molar-refractivity contribution in [3.8, 4) is 0 Å². The molecule has 0 bridgehead atoms. The lowest BCUT2D eigenvalue weighted by molar-refractivity contribution is 0.241. The second-order valence-corrected chi connectivity index (χ2v) is 6.05. The highest BCUT2D eigenvalue weighted by atomic mass is 35.5. The van der Waals surface area contributed by atoms with Crippen molar-refractivity contribution in [1.29, 1.82) is 0 Å². The van der Waals surface area contributed by atoms with E-state index < -0.39 is 0 Å². The lowest BCUT2D eigenvalue weighted by Crippen LogP contribution is -2.46. The van der Waals surface area contributed by atoms with Gasteiger partial charge in [0.1, 0.15) is 5.82 Å². The number of imidazole rings is 1. The highest BCUT2D eigenvalue weighted by molar-refractivity contribution is 6.31. The van der Waals surface area contributed by atoms with Gasteiger partial charge in [-0.25, -0.2) is 4.98 Å². The molecule has 3 nitrogen and oxygen atoms in total. The van der Waals surface area contributed by atoms with Gasteiger partial charge in [-0.05, 0) is 38.1 Å². The van der Waals surface area contributed by atoms with E-state index in [-0.39, 0.29) is 5.54 Å². The summed E-state index contributed by atoms with van der Waals surface area (Å²) >= 11 is 6.01. The van der Waals surface area contributed by atoms with Crippen molar-refractivity contribution in [2.24, 2.45) is 0 Å². The predicted molar refractivity (Wildman–Crippen MR) is 79.7 cm³/mol. The van der Waals surface area contributed by atoms with Crippen molar-refractivity contribution in [2.45, 2.75) is 44.1 Å². The van der Waals surface area contributed by atoms with Crippen LogP contribution in [-0.2, 0) is 6.42 Å². The molecule has 0 unspecified atom stereocenters. The van der Waals surface area contributed by atoms with Crippen LogP contribution >= 0.6 is 11.6 Å². The highest BCUT2D eigenvalue weighted by Gasteiger charge is 2.31. The van der Waals surface area contributed by atoms with E-state index in [4.69, 9.17) is 11.6 Å². The molecule has 1 heterocycles. The zero-order valence-corrected chi connectivity index (χ0v) is 12.1. The fraction of sp³-hybridized carbons (Fsp3) is 0.533. The molecule has 1 aliphatic carbocycles. The number of hydrogen-bond donors (Lipinski definition) is 2. The third-order valence-electron chi connectivity index (χ3n) is 4.34. The molecule has 19 heavy (non-hydrogen) atoms. The van der Waals surface area contributed by atoms with Crippen molar-refractivity contribution in [3.63, 3.8) is 0 Å². The maximum absolute atomic E-state index is 6.01. The van der Waals surface area contributed by atoms with Crippen LogP contribution in [0.3, 0.4) is 0 Å². The van der Waals surface area contributed by atoms with Crippen molar-refractivity contribution in [3.05, 3.63) is 29.0 Å². The summed E-state index contributed by atoms with van der Waals surface area (Å²) in [4.78, 5) is 8.09. The van der Waals surface area contributed by atoms with Crippen LogP contribution in [0.25, 0.3) is 11.0 Å². The maximum Gasteiger partial charge on any atom is 0.109 e. The monoisotopic (exact) mass is 277 g/mol. The third-order valence-corrected chi connectivity index (χ3v) is 4.57. The van der Waals surface area contributed by atoms with Crippen LogP contribution < -0.4 is 5.32 Å². The Morgan fingerprint density at radius 1 is 1.32 bits per heavy atom. The first-order chi connectivity index (χ1) is 9.21. The zero-order chi connectivity index (χ0) is 13.3. The van der Waals surface area contributed by atoms with E-state index in [1.165, 1.54) is 32.1 Å². The first-order valence-corrected chi connectivity index (χ1v) is 7.42. The molecular formula is C15H20ClN3. The van der Waals surface area contributed by atoms with E-state index in [2.05, 4.69) is 22.3 Å². The van der Waals surface area contributed by atoms with E-state index in [0.29, 0.717) is 0 Å². The Hall–Kier alpha value is -1.06. The minimum absolute atomic E-state index is 0.218. The van der Waals surface area contributed by atoms with Crippen LogP contribution in [0.4, 0.5) is 0 Å². The van der Waals surface area contributed by atoms with E-state index in [1.807, 2.05) is 18.2 Å². The zero-order valence-electron chi connectivity index (χ0n) is 11.3. The standard InChI is InChI=1S/C15H20ClN3/c1-17-15(7-3-2-4-8-15)10-14-18-12-6-5-11(16)9-13(12)19-14/h5-6,9,17H,2-4,7-8,10H2,1H3,(H,18,19). The number of likely N-dealkylation sites (N-methyl/N-ethyl adjacent to an activating group) is 1. The smallest absolute Gasteiger partial charge is 0.109 e. The summed E-state index contributed by atoms with van der Waals surface area (Å²) in [5.41, 5.74) is 2.25. The summed E-state index contributed by atoms with van der Waals surface area (Å²) in [5.74, 6) is 1.06. The molecule has 0 saturated heterocycles. The Bertz CT molecular complexity index is 570. The molecule has 4 heteroatoms.